The number of nitriles is 1. The second-order valence-electron chi connectivity index (χ2n) is 2.51. The van der Waals surface area contributed by atoms with E-state index in [0.29, 0.717) is 0 Å². The van der Waals surface area contributed by atoms with Crippen LogP contribution in [0.2, 0.25) is 0 Å². The van der Waals surface area contributed by atoms with Gasteiger partial charge in [-0.3, -0.25) is 4.79 Å². The molecule has 0 saturated carbocycles. The lowest BCUT2D eigenvalue weighted by Crippen LogP contribution is -2.14. The van der Waals surface area contributed by atoms with Crippen molar-refractivity contribution in [2.45, 2.75) is 20.8 Å². The zero-order valence-electron chi connectivity index (χ0n) is 6.01. The zero-order valence-corrected chi connectivity index (χ0v) is 6.01. The molecule has 50 valence electrons. The quantitative estimate of drug-likeness (QED) is 0.523. The third kappa shape index (κ3) is 2.27. The summed E-state index contributed by atoms with van der Waals surface area (Å²) in [6.45, 7) is 5.63. The van der Waals surface area contributed by atoms with Gasteiger partial charge >= 0.3 is 0 Å². The monoisotopic (exact) mass is 125 g/mol. The first-order chi connectivity index (χ1) is 4.09. The van der Waals surface area contributed by atoms with Crippen LogP contribution < -0.4 is 0 Å². The Kier molecular flexibility index (Phi) is 2.94. The van der Waals surface area contributed by atoms with Gasteiger partial charge in [-0.25, -0.2) is 0 Å². The number of rotatable bonds is 2. The van der Waals surface area contributed by atoms with Crippen molar-refractivity contribution >= 4 is 5.78 Å². The average Bonchev–Trinajstić information content (AvgIpc) is 1.84. The summed E-state index contributed by atoms with van der Waals surface area (Å²) in [5, 5.41) is 8.15. The largest absolute Gasteiger partial charge is 0.282 e. The lowest BCUT2D eigenvalue weighted by Gasteiger charge is -2.07. The van der Waals surface area contributed by atoms with E-state index in [1.807, 2.05) is 13.8 Å². The SMILES string of the molecule is CC(C)C(C)C(=O)C#N. The molecule has 1 unspecified atom stereocenters. The molecule has 0 radical (unpaired) electrons. The molecule has 0 spiro atoms. The molecule has 0 heterocycles. The van der Waals surface area contributed by atoms with Gasteiger partial charge in [0.25, 0.3) is 0 Å². The van der Waals surface area contributed by atoms with Crippen molar-refractivity contribution in [2.75, 3.05) is 0 Å². The zero-order chi connectivity index (χ0) is 7.44. The Morgan fingerprint density at radius 1 is 1.44 bits per heavy atom. The maximum atomic E-state index is 10.6. The fourth-order valence-corrected chi connectivity index (χ4v) is 0.405. The molecule has 0 N–H and O–H groups in total. The molecule has 2 heteroatoms. The van der Waals surface area contributed by atoms with E-state index in [1.165, 1.54) is 0 Å². The smallest absolute Gasteiger partial charge is 0.234 e. The Hall–Kier alpha value is -0.840. The highest BCUT2D eigenvalue weighted by Gasteiger charge is 2.14. The number of Topliss-reactive ketones (excluding diaryl/α,β-unsaturated/α-hetero) is 1. The highest BCUT2D eigenvalue weighted by molar-refractivity contribution is 5.95. The molecule has 0 aliphatic rings. The van der Waals surface area contributed by atoms with E-state index in [-0.39, 0.29) is 17.6 Å². The van der Waals surface area contributed by atoms with Crippen LogP contribution >= 0.6 is 0 Å². The summed E-state index contributed by atoms with van der Waals surface area (Å²) in [6.07, 6.45) is 0. The van der Waals surface area contributed by atoms with Crippen molar-refractivity contribution < 1.29 is 4.79 Å². The van der Waals surface area contributed by atoms with E-state index in [1.54, 1.807) is 13.0 Å². The molecule has 9 heavy (non-hydrogen) atoms. The summed E-state index contributed by atoms with van der Waals surface area (Å²) in [7, 11) is 0. The van der Waals surface area contributed by atoms with Gasteiger partial charge in [-0.2, -0.15) is 5.26 Å². The minimum Gasteiger partial charge on any atom is -0.282 e. The summed E-state index contributed by atoms with van der Waals surface area (Å²) >= 11 is 0. The lowest BCUT2D eigenvalue weighted by molar-refractivity contribution is -0.118. The molecule has 2 nitrogen and oxygen atoms in total. The summed E-state index contributed by atoms with van der Waals surface area (Å²) in [5.74, 6) is -0.155. The standard InChI is InChI=1S/C7H11NO/c1-5(2)6(3)7(9)4-8/h5-6H,1-3H3. The van der Waals surface area contributed by atoms with Crippen LogP contribution in [-0.4, -0.2) is 5.78 Å². The average molecular weight is 125 g/mol. The molecule has 0 aromatic heterocycles. The van der Waals surface area contributed by atoms with Gasteiger partial charge in [0.15, 0.2) is 0 Å². The molecule has 0 aliphatic carbocycles. The molecule has 0 saturated heterocycles. The van der Waals surface area contributed by atoms with Crippen molar-refractivity contribution in [1.29, 1.82) is 5.26 Å². The molecule has 0 amide bonds. The van der Waals surface area contributed by atoms with Gasteiger partial charge in [0, 0.05) is 5.92 Å². The minimum atomic E-state index is -0.315. The van der Waals surface area contributed by atoms with Gasteiger partial charge in [-0.1, -0.05) is 20.8 Å². The van der Waals surface area contributed by atoms with Crippen LogP contribution in [0.15, 0.2) is 0 Å². The summed E-state index contributed by atoms with van der Waals surface area (Å²) in [4.78, 5) is 10.6. The number of carbonyl (C=O) groups is 1. The van der Waals surface area contributed by atoms with Gasteiger partial charge < -0.3 is 0 Å². The van der Waals surface area contributed by atoms with Gasteiger partial charge in [-0.05, 0) is 5.92 Å². The van der Waals surface area contributed by atoms with Crippen LogP contribution in [-0.2, 0) is 4.79 Å². The van der Waals surface area contributed by atoms with Gasteiger partial charge in [0.05, 0.1) is 0 Å². The van der Waals surface area contributed by atoms with E-state index in [2.05, 4.69) is 0 Å². The second-order valence-corrected chi connectivity index (χ2v) is 2.51. The number of nitrogens with zero attached hydrogens (tertiary/aromatic N) is 1. The Morgan fingerprint density at radius 3 is 2.00 bits per heavy atom. The third-order valence-corrected chi connectivity index (χ3v) is 1.52. The first kappa shape index (κ1) is 8.16. The number of hydrogen-bond acceptors (Lipinski definition) is 2. The molecule has 0 rings (SSSR count). The Balaban J connectivity index is 3.92. The topological polar surface area (TPSA) is 40.9 Å². The first-order valence-electron chi connectivity index (χ1n) is 3.03. The van der Waals surface area contributed by atoms with Crippen molar-refractivity contribution in [3.63, 3.8) is 0 Å². The van der Waals surface area contributed by atoms with E-state index in [9.17, 15) is 4.79 Å². The fraction of sp³-hybridized carbons (Fsp3) is 0.714. The third-order valence-electron chi connectivity index (χ3n) is 1.52. The van der Waals surface area contributed by atoms with Gasteiger partial charge in [0.1, 0.15) is 6.07 Å². The number of ketones is 1. The van der Waals surface area contributed by atoms with Crippen LogP contribution in [0.5, 0.6) is 0 Å². The van der Waals surface area contributed by atoms with Crippen molar-refractivity contribution in [2.24, 2.45) is 11.8 Å². The molecular formula is C7H11NO. The first-order valence-corrected chi connectivity index (χ1v) is 3.03. The molecule has 1 atom stereocenters. The lowest BCUT2D eigenvalue weighted by atomic mass is 9.94. The van der Waals surface area contributed by atoms with Crippen LogP contribution in [0.4, 0.5) is 0 Å². The van der Waals surface area contributed by atoms with Crippen molar-refractivity contribution in [3.8, 4) is 6.07 Å². The highest BCUT2D eigenvalue weighted by atomic mass is 16.1. The maximum Gasteiger partial charge on any atom is 0.234 e. The highest BCUT2D eigenvalue weighted by Crippen LogP contribution is 2.09. The Labute approximate surface area is 55.5 Å². The number of carbonyl (C=O) groups excluding carboxylic acids is 1. The number of hydrogen-bond donors (Lipinski definition) is 0. The van der Waals surface area contributed by atoms with Crippen molar-refractivity contribution in [3.05, 3.63) is 0 Å². The van der Waals surface area contributed by atoms with Gasteiger partial charge in [-0.15, -0.1) is 0 Å². The van der Waals surface area contributed by atoms with E-state index >= 15 is 0 Å². The predicted molar refractivity (Wildman–Crippen MR) is 34.6 cm³/mol. The minimum absolute atomic E-state index is 0.116. The summed E-state index contributed by atoms with van der Waals surface area (Å²) in [5.41, 5.74) is 0. The van der Waals surface area contributed by atoms with Gasteiger partial charge in [0.2, 0.25) is 5.78 Å². The van der Waals surface area contributed by atoms with Crippen LogP contribution in [0.25, 0.3) is 0 Å². The molecule has 0 aliphatic heterocycles. The summed E-state index contributed by atoms with van der Waals surface area (Å²) in [6, 6.07) is 1.61. The molecule has 0 aromatic rings. The van der Waals surface area contributed by atoms with Crippen LogP contribution in [0.3, 0.4) is 0 Å². The predicted octanol–water partition coefficient (Wildman–Crippen LogP) is 1.37. The normalized spacial score (nSPS) is 12.8. The second kappa shape index (κ2) is 3.24. The molecular weight excluding hydrogens is 114 g/mol. The Morgan fingerprint density at radius 2 is 1.89 bits per heavy atom. The maximum absolute atomic E-state index is 10.6. The van der Waals surface area contributed by atoms with E-state index in [0.717, 1.165) is 0 Å². The van der Waals surface area contributed by atoms with E-state index in [4.69, 9.17) is 5.26 Å². The van der Waals surface area contributed by atoms with Crippen LogP contribution in [0, 0.1) is 23.2 Å². The van der Waals surface area contributed by atoms with Crippen molar-refractivity contribution in [1.82, 2.24) is 0 Å². The molecule has 0 bridgehead atoms. The fourth-order valence-electron chi connectivity index (χ4n) is 0.405. The molecule has 0 fully saturated rings. The summed E-state index contributed by atoms with van der Waals surface area (Å²) < 4.78 is 0. The van der Waals surface area contributed by atoms with Crippen LogP contribution in [0.1, 0.15) is 20.8 Å². The molecule has 0 aromatic carbocycles. The van der Waals surface area contributed by atoms with E-state index < -0.39 is 0 Å². The Bertz CT molecular complexity index is 143.